The van der Waals surface area contributed by atoms with E-state index in [1.54, 1.807) is 12.1 Å². The normalized spacial score (nSPS) is 11.2. The van der Waals surface area contributed by atoms with Crippen LogP contribution in [0.1, 0.15) is 28.4 Å². The lowest BCUT2D eigenvalue weighted by Gasteiger charge is -2.12. The number of carboxylic acid groups (broad SMARTS) is 1. The Hall–Kier alpha value is -2.95. The number of aryl methyl sites for hydroxylation is 1. The topological polar surface area (TPSA) is 131 Å². The highest BCUT2D eigenvalue weighted by Gasteiger charge is 2.18. The van der Waals surface area contributed by atoms with Gasteiger partial charge in [-0.3, -0.25) is 0 Å². The van der Waals surface area contributed by atoms with E-state index in [0.717, 1.165) is 5.56 Å². The second kappa shape index (κ2) is 11.4. The van der Waals surface area contributed by atoms with Gasteiger partial charge in [0.05, 0.1) is 30.3 Å². The molecule has 0 aliphatic carbocycles. The third-order valence-corrected chi connectivity index (χ3v) is 5.59. The van der Waals surface area contributed by atoms with E-state index in [4.69, 9.17) is 9.47 Å². The van der Waals surface area contributed by atoms with Gasteiger partial charge < -0.3 is 19.9 Å². The van der Waals surface area contributed by atoms with Crippen molar-refractivity contribution in [3.8, 4) is 0 Å². The first kappa shape index (κ1) is 24.3. The molecule has 2 aromatic carbocycles. The van der Waals surface area contributed by atoms with Crippen LogP contribution in [0.2, 0.25) is 0 Å². The molecule has 0 aromatic heterocycles. The molecule has 0 saturated heterocycles. The Bertz CT molecular complexity index is 1000. The van der Waals surface area contributed by atoms with Crippen LogP contribution >= 0.6 is 0 Å². The average Bonchev–Trinajstić information content (AvgIpc) is 2.70. The van der Waals surface area contributed by atoms with E-state index in [1.165, 1.54) is 30.3 Å². The highest BCUT2D eigenvalue weighted by molar-refractivity contribution is 7.90. The molecule has 0 heterocycles. The molecule has 10 heteroatoms. The minimum absolute atomic E-state index is 0.0423. The lowest BCUT2D eigenvalue weighted by Crippen LogP contribution is -2.34. The van der Waals surface area contributed by atoms with Crippen molar-refractivity contribution in [1.29, 1.82) is 0 Å². The molecular weight excluding hydrogens is 424 g/mol. The fraction of sp³-hybridized carbons (Fsp3) is 0.333. The van der Waals surface area contributed by atoms with Crippen molar-refractivity contribution in [2.45, 2.75) is 25.2 Å². The first-order valence-corrected chi connectivity index (χ1v) is 11.1. The van der Waals surface area contributed by atoms with Gasteiger partial charge in [0.25, 0.3) is 10.0 Å². The zero-order chi connectivity index (χ0) is 22.9. The summed E-state index contributed by atoms with van der Waals surface area (Å²) < 4.78 is 37.2. The standard InChI is InChI=1S/C21H26N2O7S/c1-3-29-12-13-30-11-10-16-14-17(6-9-19(16)20(24)25)22-21(26)23-31(27,28)18-7-4-15(2)5-8-18/h4-9,14H,3,10-13H2,1-2H3,(H,24,25)(H2,22,23,26). The second-order valence-corrected chi connectivity index (χ2v) is 8.29. The van der Waals surface area contributed by atoms with Crippen LogP contribution < -0.4 is 10.0 Å². The molecule has 3 N–H and O–H groups in total. The van der Waals surface area contributed by atoms with E-state index in [0.29, 0.717) is 31.8 Å². The lowest BCUT2D eigenvalue weighted by atomic mass is 10.0. The minimum Gasteiger partial charge on any atom is -0.478 e. The molecule has 2 rings (SSSR count). The van der Waals surface area contributed by atoms with Gasteiger partial charge in [-0.2, -0.15) is 0 Å². The highest BCUT2D eigenvalue weighted by Crippen LogP contribution is 2.18. The van der Waals surface area contributed by atoms with Crippen molar-refractivity contribution in [2.75, 3.05) is 31.7 Å². The number of nitrogens with one attached hydrogen (secondary N) is 2. The van der Waals surface area contributed by atoms with Crippen LogP contribution in [0.4, 0.5) is 10.5 Å². The van der Waals surface area contributed by atoms with Crippen molar-refractivity contribution < 1.29 is 32.6 Å². The summed E-state index contributed by atoms with van der Waals surface area (Å²) in [4.78, 5) is 23.6. The maximum absolute atomic E-state index is 12.3. The monoisotopic (exact) mass is 450 g/mol. The van der Waals surface area contributed by atoms with Gasteiger partial charge in [0.15, 0.2) is 0 Å². The zero-order valence-corrected chi connectivity index (χ0v) is 18.2. The number of hydrogen-bond donors (Lipinski definition) is 3. The summed E-state index contributed by atoms with van der Waals surface area (Å²) in [6.07, 6.45) is 0.298. The summed E-state index contributed by atoms with van der Waals surface area (Å²) in [5.41, 5.74) is 1.66. The Kier molecular flexibility index (Phi) is 8.98. The number of sulfonamides is 1. The van der Waals surface area contributed by atoms with E-state index in [2.05, 4.69) is 5.32 Å². The number of ether oxygens (including phenoxy) is 2. The van der Waals surface area contributed by atoms with Crippen LogP contribution in [0.3, 0.4) is 0 Å². The summed E-state index contributed by atoms with van der Waals surface area (Å²) in [6, 6.07) is 9.31. The fourth-order valence-electron chi connectivity index (χ4n) is 2.69. The maximum Gasteiger partial charge on any atom is 0.335 e. The molecule has 0 saturated carbocycles. The summed E-state index contributed by atoms with van der Waals surface area (Å²) in [5, 5.41) is 11.8. The number of urea groups is 1. The smallest absolute Gasteiger partial charge is 0.335 e. The zero-order valence-electron chi connectivity index (χ0n) is 17.4. The van der Waals surface area contributed by atoms with Gasteiger partial charge in [-0.05, 0) is 56.2 Å². The van der Waals surface area contributed by atoms with Crippen LogP contribution in [0.25, 0.3) is 0 Å². The number of carbonyl (C=O) groups excluding carboxylic acids is 1. The number of amides is 2. The van der Waals surface area contributed by atoms with E-state index in [-0.39, 0.29) is 22.8 Å². The Balaban J connectivity index is 2.03. The van der Waals surface area contributed by atoms with E-state index in [1.807, 2.05) is 18.6 Å². The number of rotatable bonds is 11. The fourth-order valence-corrected chi connectivity index (χ4v) is 3.60. The number of carboxylic acids is 1. The van der Waals surface area contributed by atoms with E-state index >= 15 is 0 Å². The van der Waals surface area contributed by atoms with Gasteiger partial charge in [0, 0.05) is 12.3 Å². The predicted octanol–water partition coefficient (Wildman–Crippen LogP) is 2.80. The van der Waals surface area contributed by atoms with Crippen molar-refractivity contribution >= 4 is 27.7 Å². The Morgan fingerprint density at radius 1 is 1.00 bits per heavy atom. The van der Waals surface area contributed by atoms with Gasteiger partial charge in [0.1, 0.15) is 0 Å². The minimum atomic E-state index is -4.04. The van der Waals surface area contributed by atoms with Gasteiger partial charge in [-0.1, -0.05) is 17.7 Å². The van der Waals surface area contributed by atoms with Gasteiger partial charge in [-0.25, -0.2) is 22.7 Å². The largest absolute Gasteiger partial charge is 0.478 e. The lowest BCUT2D eigenvalue weighted by molar-refractivity contribution is 0.0538. The van der Waals surface area contributed by atoms with Gasteiger partial charge >= 0.3 is 12.0 Å². The first-order chi connectivity index (χ1) is 14.7. The van der Waals surface area contributed by atoms with Crippen molar-refractivity contribution in [3.05, 3.63) is 59.2 Å². The van der Waals surface area contributed by atoms with Crippen LogP contribution in [-0.2, 0) is 25.9 Å². The Morgan fingerprint density at radius 3 is 2.32 bits per heavy atom. The number of benzene rings is 2. The predicted molar refractivity (Wildman–Crippen MR) is 115 cm³/mol. The van der Waals surface area contributed by atoms with Crippen LogP contribution in [0.15, 0.2) is 47.4 Å². The Labute approximate surface area is 181 Å². The van der Waals surface area contributed by atoms with Crippen molar-refractivity contribution in [3.63, 3.8) is 0 Å². The SMILES string of the molecule is CCOCCOCCc1cc(NC(=O)NS(=O)(=O)c2ccc(C)cc2)ccc1C(=O)O. The number of aromatic carboxylic acids is 1. The van der Waals surface area contributed by atoms with Crippen LogP contribution in [0.5, 0.6) is 0 Å². The molecule has 0 aliphatic heterocycles. The molecule has 0 radical (unpaired) electrons. The highest BCUT2D eigenvalue weighted by atomic mass is 32.2. The van der Waals surface area contributed by atoms with Crippen LogP contribution in [0, 0.1) is 6.92 Å². The molecule has 31 heavy (non-hydrogen) atoms. The van der Waals surface area contributed by atoms with Gasteiger partial charge in [-0.15, -0.1) is 0 Å². The molecule has 0 fully saturated rings. The molecule has 2 aromatic rings. The van der Waals surface area contributed by atoms with Gasteiger partial charge in [0.2, 0.25) is 0 Å². The number of hydrogen-bond acceptors (Lipinski definition) is 6. The second-order valence-electron chi connectivity index (χ2n) is 6.61. The molecule has 0 aliphatic rings. The third kappa shape index (κ3) is 7.67. The number of carbonyl (C=O) groups is 2. The average molecular weight is 451 g/mol. The van der Waals surface area contributed by atoms with E-state index < -0.39 is 22.0 Å². The summed E-state index contributed by atoms with van der Waals surface area (Å²) >= 11 is 0. The molecule has 0 bridgehead atoms. The molecular formula is C21H26N2O7S. The molecule has 0 unspecified atom stereocenters. The summed E-state index contributed by atoms with van der Waals surface area (Å²) in [6.45, 7) is 5.37. The third-order valence-electron chi connectivity index (χ3n) is 4.24. The van der Waals surface area contributed by atoms with Crippen LogP contribution in [-0.4, -0.2) is 52.0 Å². The molecule has 0 atom stereocenters. The molecule has 168 valence electrons. The number of anilines is 1. The molecule has 0 spiro atoms. The first-order valence-electron chi connectivity index (χ1n) is 9.65. The quantitative estimate of drug-likeness (QED) is 0.449. The van der Waals surface area contributed by atoms with E-state index in [9.17, 15) is 23.1 Å². The molecule has 9 nitrogen and oxygen atoms in total. The van der Waals surface area contributed by atoms with Crippen molar-refractivity contribution in [1.82, 2.24) is 4.72 Å². The summed E-state index contributed by atoms with van der Waals surface area (Å²) in [7, 11) is -4.04. The maximum atomic E-state index is 12.3. The van der Waals surface area contributed by atoms with Crippen molar-refractivity contribution in [2.24, 2.45) is 0 Å². The Morgan fingerprint density at radius 2 is 1.68 bits per heavy atom. The molecule has 2 amide bonds. The summed E-state index contributed by atoms with van der Waals surface area (Å²) in [5.74, 6) is -1.11.